The standard InChI is InChI=1S/C13H16FNO3/c1-9-7-15(4-5-18-9)8-11-3-2-10(13(16)17)6-12(11)14/h2-3,6,9H,4-5,7-8H2,1H3,(H,16,17). The van der Waals surface area contributed by atoms with Crippen molar-refractivity contribution >= 4 is 5.97 Å². The van der Waals surface area contributed by atoms with Crippen LogP contribution in [0.4, 0.5) is 4.39 Å². The molecule has 1 N–H and O–H groups in total. The molecule has 1 atom stereocenters. The van der Waals surface area contributed by atoms with E-state index < -0.39 is 11.8 Å². The molecule has 0 aromatic heterocycles. The van der Waals surface area contributed by atoms with Crippen molar-refractivity contribution in [3.05, 3.63) is 35.1 Å². The molecular weight excluding hydrogens is 237 g/mol. The van der Waals surface area contributed by atoms with E-state index in [4.69, 9.17) is 9.84 Å². The lowest BCUT2D eigenvalue weighted by Crippen LogP contribution is -2.40. The fraction of sp³-hybridized carbons (Fsp3) is 0.462. The van der Waals surface area contributed by atoms with Crippen molar-refractivity contribution in [2.75, 3.05) is 19.7 Å². The predicted molar refractivity (Wildman–Crippen MR) is 64.1 cm³/mol. The van der Waals surface area contributed by atoms with Crippen LogP contribution in [0.5, 0.6) is 0 Å². The molecule has 1 aromatic rings. The first-order chi connectivity index (χ1) is 8.56. The second kappa shape index (κ2) is 5.46. The van der Waals surface area contributed by atoms with Gasteiger partial charge in [0, 0.05) is 25.2 Å². The molecule has 0 amide bonds. The number of carbonyl (C=O) groups is 1. The van der Waals surface area contributed by atoms with E-state index in [2.05, 4.69) is 4.90 Å². The van der Waals surface area contributed by atoms with Crippen LogP contribution >= 0.6 is 0 Å². The summed E-state index contributed by atoms with van der Waals surface area (Å²) in [5.74, 6) is -1.57. The molecule has 0 bridgehead atoms. The molecule has 0 radical (unpaired) electrons. The molecule has 5 heteroatoms. The minimum atomic E-state index is -1.11. The Kier molecular flexibility index (Phi) is 3.93. The van der Waals surface area contributed by atoms with Gasteiger partial charge in [0.15, 0.2) is 0 Å². The second-order valence-electron chi connectivity index (χ2n) is 4.53. The molecule has 1 aromatic carbocycles. The Bertz CT molecular complexity index is 450. The quantitative estimate of drug-likeness (QED) is 0.891. The van der Waals surface area contributed by atoms with Gasteiger partial charge >= 0.3 is 5.97 Å². The molecule has 1 fully saturated rings. The van der Waals surface area contributed by atoms with Crippen LogP contribution in [0.3, 0.4) is 0 Å². The van der Waals surface area contributed by atoms with Gasteiger partial charge in [0.2, 0.25) is 0 Å². The Labute approximate surface area is 105 Å². The van der Waals surface area contributed by atoms with Crippen LogP contribution in [0, 0.1) is 5.82 Å². The Morgan fingerprint density at radius 2 is 2.39 bits per heavy atom. The minimum absolute atomic E-state index is 0.0217. The molecule has 1 saturated heterocycles. The Hall–Kier alpha value is -1.46. The van der Waals surface area contributed by atoms with Crippen molar-refractivity contribution in [2.45, 2.75) is 19.6 Å². The van der Waals surface area contributed by atoms with E-state index in [1.165, 1.54) is 6.07 Å². The maximum atomic E-state index is 13.7. The van der Waals surface area contributed by atoms with E-state index in [-0.39, 0.29) is 11.7 Å². The zero-order chi connectivity index (χ0) is 13.1. The monoisotopic (exact) mass is 253 g/mol. The normalized spacial score (nSPS) is 20.9. The molecule has 0 aliphatic carbocycles. The lowest BCUT2D eigenvalue weighted by atomic mass is 10.1. The maximum Gasteiger partial charge on any atom is 0.335 e. The van der Waals surface area contributed by atoms with Crippen molar-refractivity contribution in [1.29, 1.82) is 0 Å². The van der Waals surface area contributed by atoms with E-state index >= 15 is 0 Å². The predicted octanol–water partition coefficient (Wildman–Crippen LogP) is 1.74. The molecule has 1 aliphatic rings. The second-order valence-corrected chi connectivity index (χ2v) is 4.53. The maximum absolute atomic E-state index is 13.7. The van der Waals surface area contributed by atoms with Crippen molar-refractivity contribution in [1.82, 2.24) is 4.90 Å². The number of carboxylic acids is 1. The number of hydrogen-bond donors (Lipinski definition) is 1. The third-order valence-corrected chi connectivity index (χ3v) is 3.02. The van der Waals surface area contributed by atoms with Crippen molar-refractivity contribution in [3.8, 4) is 0 Å². The molecule has 1 heterocycles. The minimum Gasteiger partial charge on any atom is -0.478 e. The van der Waals surface area contributed by atoms with E-state index in [9.17, 15) is 9.18 Å². The summed E-state index contributed by atoms with van der Waals surface area (Å²) in [5.41, 5.74) is 0.501. The van der Waals surface area contributed by atoms with Gasteiger partial charge in [0.25, 0.3) is 0 Å². The van der Waals surface area contributed by atoms with Crippen LogP contribution in [0.1, 0.15) is 22.8 Å². The fourth-order valence-corrected chi connectivity index (χ4v) is 2.08. The summed E-state index contributed by atoms with van der Waals surface area (Å²) in [6.07, 6.45) is 0.153. The third-order valence-electron chi connectivity index (χ3n) is 3.02. The van der Waals surface area contributed by atoms with Gasteiger partial charge in [-0.2, -0.15) is 0 Å². The van der Waals surface area contributed by atoms with Crippen LogP contribution in [0.15, 0.2) is 18.2 Å². The highest BCUT2D eigenvalue weighted by atomic mass is 19.1. The number of rotatable bonds is 3. The van der Waals surface area contributed by atoms with Crippen molar-refractivity contribution in [3.63, 3.8) is 0 Å². The number of aromatic carboxylic acids is 1. The van der Waals surface area contributed by atoms with E-state index in [1.54, 1.807) is 6.07 Å². The highest BCUT2D eigenvalue weighted by molar-refractivity contribution is 5.87. The van der Waals surface area contributed by atoms with Gasteiger partial charge in [-0.05, 0) is 19.1 Å². The lowest BCUT2D eigenvalue weighted by Gasteiger charge is -2.31. The zero-order valence-electron chi connectivity index (χ0n) is 10.2. The molecule has 1 aliphatic heterocycles. The number of hydrogen-bond acceptors (Lipinski definition) is 3. The van der Waals surface area contributed by atoms with E-state index in [0.29, 0.717) is 18.7 Å². The number of nitrogens with zero attached hydrogens (tertiary/aromatic N) is 1. The van der Waals surface area contributed by atoms with Gasteiger partial charge in [-0.3, -0.25) is 4.90 Å². The summed E-state index contributed by atoms with van der Waals surface area (Å²) in [6, 6.07) is 4.05. The smallest absolute Gasteiger partial charge is 0.335 e. The van der Waals surface area contributed by atoms with Crippen molar-refractivity contribution < 1.29 is 19.0 Å². The molecule has 0 spiro atoms. The van der Waals surface area contributed by atoms with Crippen LogP contribution in [0.25, 0.3) is 0 Å². The largest absolute Gasteiger partial charge is 0.478 e. The summed E-state index contributed by atoms with van der Waals surface area (Å²) in [7, 11) is 0. The molecule has 18 heavy (non-hydrogen) atoms. The van der Waals surface area contributed by atoms with Crippen LogP contribution in [0.2, 0.25) is 0 Å². The average Bonchev–Trinajstić information content (AvgIpc) is 2.31. The number of ether oxygens (including phenoxy) is 1. The van der Waals surface area contributed by atoms with Gasteiger partial charge < -0.3 is 9.84 Å². The highest BCUT2D eigenvalue weighted by Gasteiger charge is 2.18. The van der Waals surface area contributed by atoms with Crippen LogP contribution in [-0.4, -0.2) is 41.8 Å². The van der Waals surface area contributed by atoms with Crippen molar-refractivity contribution in [2.24, 2.45) is 0 Å². The van der Waals surface area contributed by atoms with Gasteiger partial charge in [-0.25, -0.2) is 9.18 Å². The van der Waals surface area contributed by atoms with Crippen LogP contribution < -0.4 is 0 Å². The summed E-state index contributed by atoms with van der Waals surface area (Å²) in [5, 5.41) is 8.76. The van der Waals surface area contributed by atoms with E-state index in [1.807, 2.05) is 6.92 Å². The Balaban J connectivity index is 2.07. The molecule has 4 nitrogen and oxygen atoms in total. The van der Waals surface area contributed by atoms with Gasteiger partial charge in [-0.15, -0.1) is 0 Å². The summed E-state index contributed by atoms with van der Waals surface area (Å²) >= 11 is 0. The molecule has 98 valence electrons. The Morgan fingerprint density at radius 1 is 1.61 bits per heavy atom. The highest BCUT2D eigenvalue weighted by Crippen LogP contribution is 2.15. The topological polar surface area (TPSA) is 49.8 Å². The summed E-state index contributed by atoms with van der Waals surface area (Å²) < 4.78 is 19.2. The first-order valence-corrected chi connectivity index (χ1v) is 5.92. The number of carboxylic acid groups (broad SMARTS) is 1. The first-order valence-electron chi connectivity index (χ1n) is 5.92. The van der Waals surface area contributed by atoms with E-state index in [0.717, 1.165) is 19.2 Å². The molecule has 0 saturated carbocycles. The summed E-state index contributed by atoms with van der Waals surface area (Å²) in [6.45, 7) is 4.65. The fourth-order valence-electron chi connectivity index (χ4n) is 2.08. The first kappa shape index (κ1) is 13.0. The van der Waals surface area contributed by atoms with Gasteiger partial charge in [0.1, 0.15) is 5.82 Å². The number of morpholine rings is 1. The molecular formula is C13H16FNO3. The number of benzene rings is 1. The summed E-state index contributed by atoms with van der Waals surface area (Å²) in [4.78, 5) is 12.8. The number of halogens is 1. The SMILES string of the molecule is CC1CN(Cc2ccc(C(=O)O)cc2F)CCO1. The van der Waals surface area contributed by atoms with Crippen LogP contribution in [-0.2, 0) is 11.3 Å². The molecule has 1 unspecified atom stereocenters. The van der Waals surface area contributed by atoms with Gasteiger partial charge in [-0.1, -0.05) is 6.07 Å². The third kappa shape index (κ3) is 3.05. The molecule has 2 rings (SSSR count). The zero-order valence-corrected chi connectivity index (χ0v) is 10.2. The van der Waals surface area contributed by atoms with Gasteiger partial charge in [0.05, 0.1) is 18.3 Å². The average molecular weight is 253 g/mol. The Morgan fingerprint density at radius 3 is 3.00 bits per heavy atom. The lowest BCUT2D eigenvalue weighted by molar-refractivity contribution is -0.0215.